The lowest BCUT2D eigenvalue weighted by Crippen LogP contribution is -2.59. The Bertz CT molecular complexity index is 2650. The highest BCUT2D eigenvalue weighted by Gasteiger charge is 2.45. The maximum absolute atomic E-state index is 14.5. The fourth-order valence-electron chi connectivity index (χ4n) is 9.61. The van der Waals surface area contributed by atoms with Gasteiger partial charge >= 0.3 is 0 Å². The molecule has 2 aliphatic rings. The van der Waals surface area contributed by atoms with Gasteiger partial charge in [0.15, 0.2) is 17.3 Å². The van der Waals surface area contributed by atoms with Crippen molar-refractivity contribution in [2.45, 2.75) is 149 Å². The van der Waals surface area contributed by atoms with Crippen LogP contribution in [0.5, 0.6) is 5.75 Å². The van der Waals surface area contributed by atoms with Crippen molar-refractivity contribution in [1.82, 2.24) is 51.1 Å². The molecule has 74 heavy (non-hydrogen) atoms. The second-order valence-electron chi connectivity index (χ2n) is 20.6. The highest BCUT2D eigenvalue weighted by atomic mass is 19.1. The van der Waals surface area contributed by atoms with Gasteiger partial charge in [-0.1, -0.05) is 83.7 Å². The summed E-state index contributed by atoms with van der Waals surface area (Å²) in [5.41, 5.74) is 8.78. The number of rotatable bonds is 21. The number of hydrogen-bond acceptors (Lipinski definition) is 12. The van der Waals surface area contributed by atoms with E-state index in [4.69, 9.17) is 10.5 Å². The van der Waals surface area contributed by atoms with Crippen LogP contribution in [0, 0.1) is 22.6 Å². The fourth-order valence-corrected chi connectivity index (χ4v) is 9.61. The number of pyridine rings is 1. The number of aromatic nitrogens is 3. The Kier molecular flexibility index (Phi) is 19.7. The van der Waals surface area contributed by atoms with Gasteiger partial charge in [-0.25, -0.2) is 9.37 Å². The molecular weight excluding hydrogens is 944 g/mol. The van der Waals surface area contributed by atoms with E-state index in [1.807, 2.05) is 58.0 Å². The molecule has 398 valence electrons. The van der Waals surface area contributed by atoms with Crippen molar-refractivity contribution >= 4 is 35.4 Å². The predicted molar refractivity (Wildman–Crippen MR) is 281 cm³/mol. The molecule has 6 atom stereocenters. The normalized spacial score (nSPS) is 17.8. The Labute approximate surface area is 434 Å². The van der Waals surface area contributed by atoms with Gasteiger partial charge in [-0.3, -0.25) is 28.7 Å². The molecule has 18 nitrogen and oxygen atoms in total. The van der Waals surface area contributed by atoms with E-state index in [-0.39, 0.29) is 84.1 Å². The van der Waals surface area contributed by atoms with Crippen molar-refractivity contribution in [2.75, 3.05) is 39.5 Å². The summed E-state index contributed by atoms with van der Waals surface area (Å²) in [6.07, 6.45) is 7.66. The minimum Gasteiger partial charge on any atom is -0.482 e. The number of likely N-dealkylation sites (tertiary alicyclic amines) is 1. The van der Waals surface area contributed by atoms with E-state index in [2.05, 4.69) is 42.7 Å². The van der Waals surface area contributed by atoms with Crippen LogP contribution < -0.4 is 37.1 Å². The number of nitriles is 1. The number of nitrogen functional groups attached to an aromatic ring is 1. The van der Waals surface area contributed by atoms with Crippen LogP contribution in [0.3, 0.4) is 0 Å². The first kappa shape index (κ1) is 56.4. The Balaban J connectivity index is 0.977. The Hall–Kier alpha value is -6.91. The quantitative estimate of drug-likeness (QED) is 0.0521. The standard InChI is InChI=1S/C55H75FN12O6/c1-9-42(36-19-15-14-16-20-36)63-52(71)44-29-39(32-67(44)54(73)49(55(4,5)6)64-51(70)34(2)59-7)60-24-18-13-11-10-12-17-21-47(69)61-25-26-68-45-33-66(8)53(72)40-23-22-38(56)28-41(40)35(3)74-46-27-37(31-62-50(46)58)48(45)43(30-57)65-68/h14-16,19-20,22-23,27-28,31,34-35,39,42,44,49,59-60H,9-13,17-18,21,24-26,29,32-33H2,1-8H3,(H2,58,62)(H,61,69)(H,63,71)(H,64,70)/t34-,35+,39-,42+,44-,49+/m0/s1. The molecule has 2 bridgehead atoms. The molecule has 5 amide bonds. The lowest BCUT2D eigenvalue weighted by Gasteiger charge is -2.36. The summed E-state index contributed by atoms with van der Waals surface area (Å²) >= 11 is 0. The molecule has 2 aromatic heterocycles. The average Bonchev–Trinajstić information content (AvgIpc) is 3.97. The first-order chi connectivity index (χ1) is 35.3. The summed E-state index contributed by atoms with van der Waals surface area (Å²) in [6.45, 7) is 12.7. The number of nitrogens with one attached hydrogen (secondary N) is 5. The highest BCUT2D eigenvalue weighted by Crippen LogP contribution is 2.36. The van der Waals surface area contributed by atoms with Gasteiger partial charge in [-0.15, -0.1) is 0 Å². The number of ether oxygens (including phenoxy) is 1. The van der Waals surface area contributed by atoms with Gasteiger partial charge in [0, 0.05) is 61.1 Å². The SMILES string of the molecule is CC[C@@H](NC(=O)[C@@H]1C[C@H](NCCCCCCCCC(=O)NCCn2nc(C#N)c3c2CN(C)C(=O)c2ccc(F)cc2[C@@H](C)Oc2cc-3cnc2N)CN1C(=O)[C@@H](NC(=O)[C@H](C)NC)C(C)(C)C)c1ccccc1. The van der Waals surface area contributed by atoms with Gasteiger partial charge in [0.2, 0.25) is 23.6 Å². The number of unbranched alkanes of at least 4 members (excludes halogenated alkanes) is 5. The first-order valence-corrected chi connectivity index (χ1v) is 26.0. The largest absolute Gasteiger partial charge is 0.482 e. The third-order valence-electron chi connectivity index (χ3n) is 14.0. The molecule has 2 aromatic carbocycles. The van der Waals surface area contributed by atoms with Gasteiger partial charge in [0.1, 0.15) is 30.1 Å². The van der Waals surface area contributed by atoms with Gasteiger partial charge in [-0.05, 0) is 88.4 Å². The van der Waals surface area contributed by atoms with Crippen molar-refractivity contribution in [3.8, 4) is 22.9 Å². The molecule has 0 spiro atoms. The summed E-state index contributed by atoms with van der Waals surface area (Å²) in [6, 6.07) is 15.2. The predicted octanol–water partition coefficient (Wildman–Crippen LogP) is 6.08. The van der Waals surface area contributed by atoms with Crippen molar-refractivity contribution in [3.63, 3.8) is 0 Å². The number of fused-ring (bicyclic) bond motifs is 5. The number of benzene rings is 2. The molecule has 0 unspecified atom stereocenters. The zero-order valence-electron chi connectivity index (χ0n) is 44.2. The van der Waals surface area contributed by atoms with Crippen molar-refractivity contribution < 1.29 is 33.1 Å². The maximum atomic E-state index is 14.5. The minimum absolute atomic E-state index is 0.0458. The monoisotopic (exact) mass is 1020 g/mol. The zero-order valence-corrected chi connectivity index (χ0v) is 44.2. The van der Waals surface area contributed by atoms with Crippen LogP contribution in [0.15, 0.2) is 60.8 Å². The lowest BCUT2D eigenvalue weighted by molar-refractivity contribution is -0.144. The van der Waals surface area contributed by atoms with E-state index in [0.717, 1.165) is 37.7 Å². The molecule has 0 radical (unpaired) electrons. The van der Waals surface area contributed by atoms with Crippen LogP contribution in [0.25, 0.3) is 11.1 Å². The van der Waals surface area contributed by atoms with E-state index >= 15 is 0 Å². The summed E-state index contributed by atoms with van der Waals surface area (Å²) in [5.74, 6) is -1.49. The van der Waals surface area contributed by atoms with Crippen molar-refractivity contribution in [3.05, 3.63) is 94.7 Å². The van der Waals surface area contributed by atoms with Gasteiger partial charge in [0.25, 0.3) is 5.91 Å². The Morgan fingerprint density at radius 2 is 1.72 bits per heavy atom. The van der Waals surface area contributed by atoms with E-state index in [1.165, 1.54) is 29.3 Å². The molecule has 1 fully saturated rings. The smallest absolute Gasteiger partial charge is 0.254 e. The second-order valence-corrected chi connectivity index (χ2v) is 20.6. The Morgan fingerprint density at radius 1 is 1.00 bits per heavy atom. The molecule has 4 aromatic rings. The van der Waals surface area contributed by atoms with Crippen molar-refractivity contribution in [2.24, 2.45) is 5.41 Å². The molecular formula is C55H75FN12O6. The number of nitrogens with zero attached hydrogens (tertiary/aromatic N) is 6. The summed E-state index contributed by atoms with van der Waals surface area (Å²) < 4.78 is 22.2. The van der Waals surface area contributed by atoms with Gasteiger partial charge in [0.05, 0.1) is 30.9 Å². The van der Waals surface area contributed by atoms with Crippen LogP contribution in [-0.4, -0.2) is 112 Å². The molecule has 4 heterocycles. The number of carbonyl (C=O) groups is 5. The molecule has 1 saturated heterocycles. The Morgan fingerprint density at radius 3 is 2.41 bits per heavy atom. The number of amides is 5. The first-order valence-electron chi connectivity index (χ1n) is 26.0. The minimum atomic E-state index is -0.839. The summed E-state index contributed by atoms with van der Waals surface area (Å²) in [4.78, 5) is 75.8. The van der Waals surface area contributed by atoms with E-state index < -0.39 is 35.5 Å². The number of nitrogens with two attached hydrogens (primary N) is 1. The number of halogens is 1. The van der Waals surface area contributed by atoms with Gasteiger partial charge in [-0.2, -0.15) is 10.4 Å². The van der Waals surface area contributed by atoms with Crippen LogP contribution in [0.4, 0.5) is 10.2 Å². The average molecular weight is 1020 g/mol. The fraction of sp³-hybridized carbons (Fsp3) is 0.527. The van der Waals surface area contributed by atoms with Crippen LogP contribution in [0.1, 0.15) is 144 Å². The molecule has 2 aliphatic heterocycles. The number of hydrogen-bond donors (Lipinski definition) is 6. The third kappa shape index (κ3) is 14.2. The van der Waals surface area contributed by atoms with Gasteiger partial charge < -0.3 is 46.9 Å². The number of likely N-dealkylation sites (N-methyl/N-ethyl adjacent to an activating group) is 1. The zero-order chi connectivity index (χ0) is 53.7. The topological polar surface area (TPSA) is 242 Å². The second kappa shape index (κ2) is 25.8. The van der Waals surface area contributed by atoms with Crippen LogP contribution in [-0.2, 0) is 32.3 Å². The highest BCUT2D eigenvalue weighted by molar-refractivity contribution is 5.96. The summed E-state index contributed by atoms with van der Waals surface area (Å²) in [7, 11) is 3.31. The van der Waals surface area contributed by atoms with E-state index in [0.29, 0.717) is 61.2 Å². The lowest BCUT2D eigenvalue weighted by atomic mass is 9.85. The van der Waals surface area contributed by atoms with E-state index in [1.54, 1.807) is 43.6 Å². The maximum Gasteiger partial charge on any atom is 0.254 e. The van der Waals surface area contributed by atoms with Crippen LogP contribution in [0.2, 0.25) is 0 Å². The third-order valence-corrected chi connectivity index (χ3v) is 14.0. The molecule has 19 heteroatoms. The summed E-state index contributed by atoms with van der Waals surface area (Å²) in [5, 5.41) is 30.5. The molecule has 0 saturated carbocycles. The van der Waals surface area contributed by atoms with E-state index in [9.17, 15) is 33.6 Å². The number of anilines is 1. The molecule has 7 N–H and O–H groups in total. The molecule has 6 rings (SSSR count). The van der Waals surface area contributed by atoms with Crippen LogP contribution >= 0.6 is 0 Å². The molecule has 0 aliphatic carbocycles. The number of carbonyl (C=O) groups excluding carboxylic acids is 5. The van der Waals surface area contributed by atoms with Crippen molar-refractivity contribution in [1.29, 1.82) is 5.26 Å².